The van der Waals surface area contributed by atoms with Gasteiger partial charge in [-0.1, -0.05) is 0 Å². The normalized spacial score (nSPS) is 15.1. The van der Waals surface area contributed by atoms with Crippen LogP contribution in [0, 0.1) is 5.82 Å². The molecule has 0 atom stereocenters. The summed E-state index contributed by atoms with van der Waals surface area (Å²) in [7, 11) is 0. The van der Waals surface area contributed by atoms with Crippen molar-refractivity contribution < 1.29 is 13.9 Å². The van der Waals surface area contributed by atoms with Gasteiger partial charge in [0.05, 0.1) is 24.4 Å². The van der Waals surface area contributed by atoms with Gasteiger partial charge in [0.25, 0.3) is 0 Å². The molecular formula is C19H20FN5O2. The van der Waals surface area contributed by atoms with E-state index in [4.69, 9.17) is 15.2 Å². The lowest BCUT2D eigenvalue weighted by Gasteiger charge is -2.26. The molecule has 1 aliphatic rings. The van der Waals surface area contributed by atoms with E-state index in [0.717, 1.165) is 38.4 Å². The molecule has 0 saturated carbocycles. The van der Waals surface area contributed by atoms with Gasteiger partial charge in [0.15, 0.2) is 5.52 Å². The molecular weight excluding hydrogens is 349 g/mol. The molecule has 2 aromatic heterocycles. The Morgan fingerprint density at radius 1 is 1.04 bits per heavy atom. The van der Waals surface area contributed by atoms with Gasteiger partial charge in [0.1, 0.15) is 12.4 Å². The second-order valence-corrected chi connectivity index (χ2v) is 6.26. The van der Waals surface area contributed by atoms with E-state index in [-0.39, 0.29) is 11.8 Å². The van der Waals surface area contributed by atoms with Gasteiger partial charge in [0, 0.05) is 25.2 Å². The molecule has 3 aromatic rings. The lowest BCUT2D eigenvalue weighted by atomic mass is 10.1. The fraction of sp³-hybridized carbons (Fsp3) is 0.316. The number of ether oxygens (including phenoxy) is 2. The van der Waals surface area contributed by atoms with Gasteiger partial charge >= 0.3 is 0 Å². The Kier molecular flexibility index (Phi) is 5.08. The van der Waals surface area contributed by atoms with Gasteiger partial charge < -0.3 is 15.2 Å². The summed E-state index contributed by atoms with van der Waals surface area (Å²) < 4.78 is 24.4. The summed E-state index contributed by atoms with van der Waals surface area (Å²) in [5, 5.41) is 0. The molecule has 1 aromatic carbocycles. The molecule has 2 N–H and O–H groups in total. The number of hydrogen-bond acceptors (Lipinski definition) is 7. The first-order valence-corrected chi connectivity index (χ1v) is 8.82. The van der Waals surface area contributed by atoms with Crippen molar-refractivity contribution in [3.63, 3.8) is 0 Å². The van der Waals surface area contributed by atoms with Crippen LogP contribution in [0.5, 0.6) is 5.88 Å². The van der Waals surface area contributed by atoms with Gasteiger partial charge in [-0.05, 0) is 36.4 Å². The van der Waals surface area contributed by atoms with Gasteiger partial charge in [-0.15, -0.1) is 0 Å². The van der Waals surface area contributed by atoms with Crippen molar-refractivity contribution in [2.45, 2.75) is 0 Å². The smallest absolute Gasteiger partial charge is 0.245 e. The highest BCUT2D eigenvalue weighted by atomic mass is 19.1. The Bertz CT molecular complexity index is 929. The third-order valence-electron chi connectivity index (χ3n) is 4.42. The number of pyridine rings is 1. The van der Waals surface area contributed by atoms with Crippen molar-refractivity contribution in [3.05, 3.63) is 42.2 Å². The van der Waals surface area contributed by atoms with Gasteiger partial charge in [-0.25, -0.2) is 14.4 Å². The molecule has 8 heteroatoms. The summed E-state index contributed by atoms with van der Waals surface area (Å²) in [5.74, 6) is 0.206. The number of halogens is 1. The van der Waals surface area contributed by atoms with Crippen LogP contribution in [0.3, 0.4) is 0 Å². The molecule has 0 amide bonds. The highest BCUT2D eigenvalue weighted by Gasteiger charge is 2.13. The molecule has 0 radical (unpaired) electrons. The first kappa shape index (κ1) is 17.6. The van der Waals surface area contributed by atoms with Crippen LogP contribution >= 0.6 is 0 Å². The molecule has 3 heterocycles. The largest absolute Gasteiger partial charge is 0.475 e. The maximum Gasteiger partial charge on any atom is 0.245 e. The molecule has 4 rings (SSSR count). The quantitative estimate of drug-likeness (QED) is 0.737. The minimum atomic E-state index is -0.289. The fourth-order valence-electron chi connectivity index (χ4n) is 2.98. The van der Waals surface area contributed by atoms with Gasteiger partial charge in [-0.3, -0.25) is 4.90 Å². The van der Waals surface area contributed by atoms with Crippen molar-refractivity contribution in [1.29, 1.82) is 0 Å². The van der Waals surface area contributed by atoms with E-state index < -0.39 is 0 Å². The minimum Gasteiger partial charge on any atom is -0.475 e. The van der Waals surface area contributed by atoms with E-state index in [1.807, 2.05) is 12.1 Å². The summed E-state index contributed by atoms with van der Waals surface area (Å²) in [5.41, 5.74) is 8.44. The van der Waals surface area contributed by atoms with Gasteiger partial charge in [-0.2, -0.15) is 4.98 Å². The molecule has 0 aliphatic carbocycles. The summed E-state index contributed by atoms with van der Waals surface area (Å²) in [6.07, 6.45) is 0. The molecule has 1 aliphatic heterocycles. The maximum absolute atomic E-state index is 13.2. The Morgan fingerprint density at radius 2 is 1.81 bits per heavy atom. The van der Waals surface area contributed by atoms with Gasteiger partial charge in [0.2, 0.25) is 11.8 Å². The molecule has 7 nitrogen and oxygen atoms in total. The van der Waals surface area contributed by atoms with Crippen molar-refractivity contribution in [1.82, 2.24) is 19.9 Å². The minimum absolute atomic E-state index is 0.139. The number of nitrogens with two attached hydrogens (primary N) is 1. The zero-order chi connectivity index (χ0) is 18.6. The predicted molar refractivity (Wildman–Crippen MR) is 99.9 cm³/mol. The lowest BCUT2D eigenvalue weighted by molar-refractivity contribution is 0.0321. The van der Waals surface area contributed by atoms with Crippen LogP contribution in [-0.2, 0) is 4.74 Å². The first-order valence-electron chi connectivity index (χ1n) is 8.82. The monoisotopic (exact) mass is 369 g/mol. The van der Waals surface area contributed by atoms with Crippen LogP contribution in [0.4, 0.5) is 10.3 Å². The number of hydrogen-bond donors (Lipinski definition) is 1. The topological polar surface area (TPSA) is 86.4 Å². The van der Waals surface area contributed by atoms with E-state index in [1.54, 1.807) is 12.1 Å². The molecule has 0 bridgehead atoms. The summed E-state index contributed by atoms with van der Waals surface area (Å²) in [4.78, 5) is 15.3. The summed E-state index contributed by atoms with van der Waals surface area (Å²) >= 11 is 0. The summed E-state index contributed by atoms with van der Waals surface area (Å²) in [6.45, 7) is 4.50. The number of anilines is 1. The van der Waals surface area contributed by atoms with Crippen LogP contribution in [-0.4, -0.2) is 59.3 Å². The number of rotatable bonds is 5. The Morgan fingerprint density at radius 3 is 2.59 bits per heavy atom. The fourth-order valence-corrected chi connectivity index (χ4v) is 2.98. The van der Waals surface area contributed by atoms with Crippen LogP contribution < -0.4 is 10.5 Å². The number of morpholine rings is 1. The molecule has 0 spiro atoms. The third kappa shape index (κ3) is 4.12. The van der Waals surface area contributed by atoms with E-state index >= 15 is 0 Å². The average molecular weight is 369 g/mol. The number of fused-ring (bicyclic) bond motifs is 1. The summed E-state index contributed by atoms with van der Waals surface area (Å²) in [6, 6.07) is 9.80. The second kappa shape index (κ2) is 7.81. The molecule has 1 saturated heterocycles. The zero-order valence-corrected chi connectivity index (χ0v) is 14.8. The van der Waals surface area contributed by atoms with E-state index in [1.165, 1.54) is 12.1 Å². The number of aromatic nitrogens is 3. The highest BCUT2D eigenvalue weighted by Crippen LogP contribution is 2.26. The van der Waals surface area contributed by atoms with E-state index in [0.29, 0.717) is 29.2 Å². The zero-order valence-electron chi connectivity index (χ0n) is 14.8. The maximum atomic E-state index is 13.2. The molecule has 0 unspecified atom stereocenters. The van der Waals surface area contributed by atoms with Crippen LogP contribution in [0.15, 0.2) is 36.4 Å². The predicted octanol–water partition coefficient (Wildman–Crippen LogP) is 2.12. The number of nitrogens with zero attached hydrogens (tertiary/aromatic N) is 4. The van der Waals surface area contributed by atoms with Crippen LogP contribution in [0.1, 0.15) is 0 Å². The first-order chi connectivity index (χ1) is 13.2. The van der Waals surface area contributed by atoms with Crippen LogP contribution in [0.25, 0.3) is 22.3 Å². The van der Waals surface area contributed by atoms with Crippen molar-refractivity contribution in [3.8, 4) is 17.1 Å². The average Bonchev–Trinajstić information content (AvgIpc) is 2.69. The Labute approximate surface area is 156 Å². The van der Waals surface area contributed by atoms with E-state index in [9.17, 15) is 4.39 Å². The number of nitrogen functional groups attached to an aromatic ring is 1. The lowest BCUT2D eigenvalue weighted by Crippen LogP contribution is -2.38. The third-order valence-corrected chi connectivity index (χ3v) is 4.42. The van der Waals surface area contributed by atoms with E-state index in [2.05, 4.69) is 19.9 Å². The molecule has 1 fully saturated rings. The standard InChI is InChI=1S/C19H20FN5O2/c20-14-3-1-13(2-4-14)15-5-6-16-17(22-15)18(24-19(21)23-16)27-12-9-25-7-10-26-11-8-25/h1-6H,7-12H2,(H2,21,23,24). The molecule has 27 heavy (non-hydrogen) atoms. The molecule has 140 valence electrons. The Balaban J connectivity index is 1.58. The Hall–Kier alpha value is -2.84. The number of benzene rings is 1. The van der Waals surface area contributed by atoms with Crippen molar-refractivity contribution in [2.24, 2.45) is 0 Å². The second-order valence-electron chi connectivity index (χ2n) is 6.26. The van der Waals surface area contributed by atoms with Crippen LogP contribution in [0.2, 0.25) is 0 Å². The SMILES string of the molecule is Nc1nc(OCCN2CCOCC2)c2nc(-c3ccc(F)cc3)ccc2n1. The highest BCUT2D eigenvalue weighted by molar-refractivity contribution is 5.83. The van der Waals surface area contributed by atoms with Crippen molar-refractivity contribution in [2.75, 3.05) is 45.2 Å². The van der Waals surface area contributed by atoms with Crippen molar-refractivity contribution >= 4 is 17.0 Å².